The lowest BCUT2D eigenvalue weighted by molar-refractivity contribution is 0.187. The van der Waals surface area contributed by atoms with Crippen molar-refractivity contribution in [2.45, 2.75) is 40.1 Å². The third-order valence-electron chi connectivity index (χ3n) is 7.03. The lowest BCUT2D eigenvalue weighted by Gasteiger charge is -2.42. The van der Waals surface area contributed by atoms with Gasteiger partial charge in [-0.05, 0) is 60.1 Å². The number of benzene rings is 2. The van der Waals surface area contributed by atoms with E-state index in [0.717, 1.165) is 43.5 Å². The van der Waals surface area contributed by atoms with Crippen LogP contribution >= 0.6 is 23.4 Å². The number of nitrogens with zero attached hydrogens (tertiary/aromatic N) is 3. The van der Waals surface area contributed by atoms with Gasteiger partial charge in [0.1, 0.15) is 16.7 Å². The predicted molar refractivity (Wildman–Crippen MR) is 138 cm³/mol. The first-order valence-corrected chi connectivity index (χ1v) is 14.3. The number of piperidine rings is 1. The summed E-state index contributed by atoms with van der Waals surface area (Å²) >= 11 is 7.64. The van der Waals surface area contributed by atoms with Gasteiger partial charge < -0.3 is 16.4 Å². The molecule has 3 aromatic rings. The second-order valence-electron chi connectivity index (χ2n) is 9.28. The highest BCUT2D eigenvalue weighted by Gasteiger charge is 2.46. The first-order valence-electron chi connectivity index (χ1n) is 11.2. The lowest BCUT2D eigenvalue weighted by atomic mass is 9.73. The van der Waals surface area contributed by atoms with Gasteiger partial charge in [0.2, 0.25) is 0 Å². The Labute approximate surface area is 213 Å². The third kappa shape index (κ3) is 4.48. The summed E-state index contributed by atoms with van der Waals surface area (Å²) in [6, 6.07) is 9.85. The Morgan fingerprint density at radius 2 is 2.03 bits per heavy atom. The normalized spacial score (nSPS) is 20.6. The molecule has 35 heavy (non-hydrogen) atoms. The fraction of sp³-hybridized carbons (Fsp3) is 0.333. The summed E-state index contributed by atoms with van der Waals surface area (Å²) in [4.78, 5) is 12.2. The monoisotopic (exact) mass is 532 g/mol. The van der Waals surface area contributed by atoms with Crippen LogP contribution in [0.1, 0.15) is 30.0 Å². The maximum absolute atomic E-state index is 13.8. The van der Waals surface area contributed by atoms with Crippen molar-refractivity contribution in [3.05, 3.63) is 64.6 Å². The zero-order valence-electron chi connectivity index (χ0n) is 19.1. The molecule has 0 radical (unpaired) electrons. The van der Waals surface area contributed by atoms with Crippen LogP contribution in [0.5, 0.6) is 0 Å². The average Bonchev–Trinajstić information content (AvgIpc) is 3.07. The van der Waals surface area contributed by atoms with Crippen molar-refractivity contribution in [1.82, 2.24) is 9.97 Å². The molecule has 11 heteroatoms. The molecule has 1 aliphatic carbocycles. The number of rotatable bonds is 4. The van der Waals surface area contributed by atoms with Crippen molar-refractivity contribution in [3.8, 4) is 0 Å². The molecule has 1 aliphatic heterocycles. The van der Waals surface area contributed by atoms with E-state index in [1.54, 1.807) is 30.5 Å². The summed E-state index contributed by atoms with van der Waals surface area (Å²) in [5.74, 6) is 0.727. The standard InChI is InChI=1S/C24H26ClFN6OS2/c1-35(29,33)18-4-2-3-17(20(18)25)34-23-22(28)31-19(13-30-23)32-9-7-24(8-10-32)12-14-5-6-15(26)11-16(14)21(24)27/h2-6,11,13,21,29H,7-10,12,27H2,1H3,(H2,28,31). The number of hydrogen-bond donors (Lipinski definition) is 3. The van der Waals surface area contributed by atoms with Crippen molar-refractivity contribution in [2.24, 2.45) is 11.1 Å². The molecule has 0 bridgehead atoms. The number of halogens is 2. The SMILES string of the molecule is CS(=N)(=O)c1cccc(Sc2ncc(N3CCC4(CC3)Cc3ccc(F)cc3C4N)nc2N)c1Cl. The van der Waals surface area contributed by atoms with Crippen molar-refractivity contribution in [3.63, 3.8) is 0 Å². The molecule has 1 fully saturated rings. The van der Waals surface area contributed by atoms with Gasteiger partial charge in [0.15, 0.2) is 5.82 Å². The van der Waals surface area contributed by atoms with Crippen molar-refractivity contribution >= 4 is 44.7 Å². The van der Waals surface area contributed by atoms with Crippen LogP contribution in [0, 0.1) is 16.0 Å². The molecule has 184 valence electrons. The van der Waals surface area contributed by atoms with Crippen LogP contribution in [0.15, 0.2) is 57.4 Å². The summed E-state index contributed by atoms with van der Waals surface area (Å²) in [6.07, 6.45) is 5.64. The molecular weight excluding hydrogens is 507 g/mol. The van der Waals surface area contributed by atoms with E-state index in [9.17, 15) is 8.60 Å². The van der Waals surface area contributed by atoms with E-state index < -0.39 is 9.73 Å². The van der Waals surface area contributed by atoms with Crippen LogP contribution in [-0.2, 0) is 16.1 Å². The van der Waals surface area contributed by atoms with Gasteiger partial charge in [-0.15, -0.1) is 0 Å². The molecule has 2 unspecified atom stereocenters. The van der Waals surface area contributed by atoms with Gasteiger partial charge in [-0.3, -0.25) is 0 Å². The van der Waals surface area contributed by atoms with Gasteiger partial charge in [0, 0.05) is 30.3 Å². The Bertz CT molecular complexity index is 1410. The number of anilines is 2. The van der Waals surface area contributed by atoms with E-state index in [-0.39, 0.29) is 33.0 Å². The molecule has 7 nitrogen and oxygen atoms in total. The molecule has 2 atom stereocenters. The quantitative estimate of drug-likeness (QED) is 0.437. The Morgan fingerprint density at radius 1 is 1.29 bits per heavy atom. The van der Waals surface area contributed by atoms with Crippen molar-refractivity contribution in [2.75, 3.05) is 30.0 Å². The summed E-state index contributed by atoms with van der Waals surface area (Å²) in [7, 11) is -2.96. The highest BCUT2D eigenvalue weighted by Crippen LogP contribution is 2.51. The van der Waals surface area contributed by atoms with E-state index in [2.05, 4.69) is 14.9 Å². The Hall–Kier alpha value is -2.40. The van der Waals surface area contributed by atoms with E-state index in [4.69, 9.17) is 27.8 Å². The number of nitrogen functional groups attached to an aromatic ring is 1. The molecule has 2 aliphatic rings. The Kier molecular flexibility index (Phi) is 6.19. The van der Waals surface area contributed by atoms with Crippen LogP contribution in [0.25, 0.3) is 0 Å². The zero-order valence-corrected chi connectivity index (χ0v) is 21.5. The largest absolute Gasteiger partial charge is 0.381 e. The highest BCUT2D eigenvalue weighted by molar-refractivity contribution is 7.99. The molecule has 1 spiro atoms. The van der Waals surface area contributed by atoms with Crippen LogP contribution < -0.4 is 16.4 Å². The average molecular weight is 533 g/mol. The van der Waals surface area contributed by atoms with E-state index >= 15 is 0 Å². The maximum atomic E-state index is 13.8. The molecule has 1 aromatic heterocycles. The van der Waals surface area contributed by atoms with E-state index in [0.29, 0.717) is 15.7 Å². The lowest BCUT2D eigenvalue weighted by Crippen LogP contribution is -2.44. The second-order valence-corrected chi connectivity index (χ2v) is 12.8. The van der Waals surface area contributed by atoms with Gasteiger partial charge in [-0.1, -0.05) is 35.5 Å². The fourth-order valence-corrected chi connectivity index (χ4v) is 7.44. The molecular formula is C24H26ClFN6OS2. The van der Waals surface area contributed by atoms with E-state index in [1.165, 1.54) is 24.1 Å². The minimum atomic E-state index is -2.96. The predicted octanol–water partition coefficient (Wildman–Crippen LogP) is 4.88. The van der Waals surface area contributed by atoms with Crippen LogP contribution in [0.2, 0.25) is 5.02 Å². The summed E-state index contributed by atoms with van der Waals surface area (Å²) < 4.78 is 33.8. The topological polar surface area (TPSA) is 122 Å². The maximum Gasteiger partial charge on any atom is 0.158 e. The number of aromatic nitrogens is 2. The summed E-state index contributed by atoms with van der Waals surface area (Å²) in [6.45, 7) is 1.51. The molecule has 5 rings (SSSR count). The Balaban J connectivity index is 1.30. The van der Waals surface area contributed by atoms with Gasteiger partial charge in [-0.2, -0.15) is 0 Å². The van der Waals surface area contributed by atoms with Crippen molar-refractivity contribution in [1.29, 1.82) is 4.78 Å². The second kappa shape index (κ2) is 8.92. The first-order chi connectivity index (χ1) is 16.6. The zero-order chi connectivity index (χ0) is 25.0. The number of nitrogens with two attached hydrogens (primary N) is 2. The van der Waals surface area contributed by atoms with Gasteiger partial charge in [0.25, 0.3) is 0 Å². The molecule has 0 saturated carbocycles. The van der Waals surface area contributed by atoms with Crippen LogP contribution in [0.4, 0.5) is 16.0 Å². The van der Waals surface area contributed by atoms with Gasteiger partial charge in [0.05, 0.1) is 25.8 Å². The highest BCUT2D eigenvalue weighted by atomic mass is 35.5. The van der Waals surface area contributed by atoms with Gasteiger partial charge in [-0.25, -0.2) is 23.3 Å². The molecule has 2 aromatic carbocycles. The molecule has 1 saturated heterocycles. The minimum absolute atomic E-state index is 0.0704. The number of nitrogens with one attached hydrogen (secondary N) is 1. The molecule has 2 heterocycles. The third-order valence-corrected chi connectivity index (χ3v) is 9.91. The number of hydrogen-bond acceptors (Lipinski definition) is 8. The fourth-order valence-electron chi connectivity index (χ4n) is 5.09. The minimum Gasteiger partial charge on any atom is -0.381 e. The van der Waals surface area contributed by atoms with Gasteiger partial charge >= 0.3 is 0 Å². The summed E-state index contributed by atoms with van der Waals surface area (Å²) in [5, 5.41) is 0.754. The first kappa shape index (κ1) is 24.3. The van der Waals surface area contributed by atoms with Crippen LogP contribution in [0.3, 0.4) is 0 Å². The summed E-state index contributed by atoms with van der Waals surface area (Å²) in [5.41, 5.74) is 14.8. The molecule has 5 N–H and O–H groups in total. The molecule has 0 amide bonds. The van der Waals surface area contributed by atoms with Crippen molar-refractivity contribution < 1.29 is 8.60 Å². The number of fused-ring (bicyclic) bond motifs is 1. The smallest absolute Gasteiger partial charge is 0.158 e. The Morgan fingerprint density at radius 3 is 2.71 bits per heavy atom. The van der Waals surface area contributed by atoms with Crippen LogP contribution in [-0.4, -0.2) is 33.5 Å². The van der Waals surface area contributed by atoms with E-state index in [1.807, 2.05) is 6.07 Å².